The van der Waals surface area contributed by atoms with Crippen molar-refractivity contribution in [2.75, 3.05) is 5.32 Å². The number of rotatable bonds is 2. The fourth-order valence-electron chi connectivity index (χ4n) is 3.78. The van der Waals surface area contributed by atoms with Crippen LogP contribution >= 0.6 is 0 Å². The Labute approximate surface area is 129 Å². The summed E-state index contributed by atoms with van der Waals surface area (Å²) >= 11 is 0. The molecule has 1 heterocycles. The van der Waals surface area contributed by atoms with Gasteiger partial charge in [0.05, 0.1) is 12.0 Å². The molecular formula is C19H16NO2-. The number of carbonyl (C=O) groups is 1. The van der Waals surface area contributed by atoms with Crippen LogP contribution in [0.5, 0.6) is 0 Å². The third-order valence-electron chi connectivity index (χ3n) is 4.78. The average Bonchev–Trinajstić information content (AvgIpc) is 3.04. The lowest BCUT2D eigenvalue weighted by Gasteiger charge is -2.38. The average molecular weight is 290 g/mol. The predicted octanol–water partition coefficient (Wildman–Crippen LogP) is 2.88. The Morgan fingerprint density at radius 3 is 2.68 bits per heavy atom. The van der Waals surface area contributed by atoms with Gasteiger partial charge in [-0.1, -0.05) is 60.7 Å². The zero-order valence-corrected chi connectivity index (χ0v) is 12.0. The van der Waals surface area contributed by atoms with Gasteiger partial charge in [-0.3, -0.25) is 0 Å². The first-order valence-electron chi connectivity index (χ1n) is 7.58. The van der Waals surface area contributed by atoms with E-state index in [9.17, 15) is 9.90 Å². The highest BCUT2D eigenvalue weighted by Crippen LogP contribution is 2.50. The van der Waals surface area contributed by atoms with Crippen molar-refractivity contribution in [3.05, 3.63) is 77.4 Å². The molecule has 0 bridgehead atoms. The molecule has 0 radical (unpaired) electrons. The van der Waals surface area contributed by atoms with E-state index in [0.717, 1.165) is 12.0 Å². The highest BCUT2D eigenvalue weighted by atomic mass is 16.4. The molecule has 2 aromatic rings. The van der Waals surface area contributed by atoms with Crippen LogP contribution in [0.2, 0.25) is 0 Å². The Kier molecular flexibility index (Phi) is 3.00. The summed E-state index contributed by atoms with van der Waals surface area (Å²) in [6.45, 7) is 0. The lowest BCUT2D eigenvalue weighted by molar-refractivity contribution is -0.254. The zero-order valence-electron chi connectivity index (χ0n) is 12.0. The maximum absolute atomic E-state index is 11.4. The standard InChI is InChI=1S/C19H17NO2/c21-19(22)16-11-5-10-15-13-8-4-9-14(13)17(20-18(15)16)12-6-2-1-3-7-12/h1-8,10-11,13-14,17,20H,9H2,(H,21,22)/p-1/t13-,14+,17+/m0/s1. The van der Waals surface area contributed by atoms with Crippen LogP contribution in [0.25, 0.3) is 0 Å². The molecule has 0 saturated carbocycles. The summed E-state index contributed by atoms with van der Waals surface area (Å²) in [6, 6.07) is 15.8. The van der Waals surface area contributed by atoms with E-state index in [1.807, 2.05) is 24.3 Å². The first-order chi connectivity index (χ1) is 10.8. The molecule has 2 aliphatic rings. The summed E-state index contributed by atoms with van der Waals surface area (Å²) in [4.78, 5) is 11.4. The number of allylic oxidation sites excluding steroid dienone is 2. The number of hydrogen-bond donors (Lipinski definition) is 1. The maximum Gasteiger partial charge on any atom is 0.0736 e. The molecule has 3 heteroatoms. The van der Waals surface area contributed by atoms with Gasteiger partial charge >= 0.3 is 0 Å². The molecule has 3 nitrogen and oxygen atoms in total. The van der Waals surface area contributed by atoms with Crippen molar-refractivity contribution in [2.45, 2.75) is 18.4 Å². The van der Waals surface area contributed by atoms with Crippen LogP contribution in [0.3, 0.4) is 0 Å². The fourth-order valence-corrected chi connectivity index (χ4v) is 3.78. The molecule has 0 amide bonds. The number of nitrogens with one attached hydrogen (secondary N) is 1. The molecule has 0 aromatic heterocycles. The zero-order chi connectivity index (χ0) is 15.1. The van der Waals surface area contributed by atoms with Gasteiger partial charge < -0.3 is 15.2 Å². The third-order valence-corrected chi connectivity index (χ3v) is 4.78. The Bertz CT molecular complexity index is 751. The predicted molar refractivity (Wildman–Crippen MR) is 83.6 cm³/mol. The van der Waals surface area contributed by atoms with Crippen LogP contribution in [0, 0.1) is 5.92 Å². The summed E-state index contributed by atoms with van der Waals surface area (Å²) in [6.07, 6.45) is 5.42. The van der Waals surface area contributed by atoms with Gasteiger partial charge in [0.2, 0.25) is 0 Å². The number of fused-ring (bicyclic) bond motifs is 3. The third kappa shape index (κ3) is 1.93. The second kappa shape index (κ2) is 5.02. The SMILES string of the molecule is O=C([O-])c1cccc2c1N[C@H](c1ccccc1)[C@@H]1CC=C[C@H]21. The van der Waals surface area contributed by atoms with Gasteiger partial charge in [-0.15, -0.1) is 0 Å². The van der Waals surface area contributed by atoms with Crippen LogP contribution in [-0.4, -0.2) is 5.97 Å². The second-order valence-corrected chi connectivity index (χ2v) is 5.94. The van der Waals surface area contributed by atoms with Crippen molar-refractivity contribution in [3.8, 4) is 0 Å². The number of carboxylic acid groups (broad SMARTS) is 1. The van der Waals surface area contributed by atoms with E-state index in [2.05, 4.69) is 29.6 Å². The summed E-state index contributed by atoms with van der Waals surface area (Å²) < 4.78 is 0. The molecule has 0 spiro atoms. The molecule has 1 aliphatic heterocycles. The lowest BCUT2D eigenvalue weighted by atomic mass is 9.76. The minimum Gasteiger partial charge on any atom is -0.545 e. The number of benzene rings is 2. The summed E-state index contributed by atoms with van der Waals surface area (Å²) in [7, 11) is 0. The van der Waals surface area contributed by atoms with Gasteiger partial charge in [-0.05, 0) is 23.5 Å². The smallest absolute Gasteiger partial charge is 0.0736 e. The number of anilines is 1. The van der Waals surface area contributed by atoms with Crippen molar-refractivity contribution >= 4 is 11.7 Å². The Hall–Kier alpha value is -2.55. The van der Waals surface area contributed by atoms with Crippen molar-refractivity contribution in [3.63, 3.8) is 0 Å². The monoisotopic (exact) mass is 290 g/mol. The number of para-hydroxylation sites is 1. The van der Waals surface area contributed by atoms with Crippen molar-refractivity contribution in [1.82, 2.24) is 0 Å². The maximum atomic E-state index is 11.4. The van der Waals surface area contributed by atoms with E-state index in [-0.39, 0.29) is 17.5 Å². The van der Waals surface area contributed by atoms with Gasteiger partial charge in [0.1, 0.15) is 0 Å². The van der Waals surface area contributed by atoms with Crippen LogP contribution < -0.4 is 10.4 Å². The highest BCUT2D eigenvalue weighted by molar-refractivity contribution is 5.94. The largest absolute Gasteiger partial charge is 0.545 e. The molecule has 110 valence electrons. The van der Waals surface area contributed by atoms with Gasteiger partial charge in [0.15, 0.2) is 0 Å². The molecule has 1 aliphatic carbocycles. The summed E-state index contributed by atoms with van der Waals surface area (Å²) in [5, 5.41) is 14.9. The van der Waals surface area contributed by atoms with Gasteiger partial charge in [0.25, 0.3) is 0 Å². The normalized spacial score (nSPS) is 25.2. The van der Waals surface area contributed by atoms with Crippen LogP contribution in [0.1, 0.15) is 39.9 Å². The molecule has 4 rings (SSSR count). The van der Waals surface area contributed by atoms with E-state index in [1.54, 1.807) is 12.1 Å². The van der Waals surface area contributed by atoms with E-state index >= 15 is 0 Å². The van der Waals surface area contributed by atoms with E-state index < -0.39 is 5.97 Å². The molecule has 0 saturated heterocycles. The molecule has 22 heavy (non-hydrogen) atoms. The molecule has 3 atom stereocenters. The molecule has 0 unspecified atom stereocenters. The second-order valence-electron chi connectivity index (χ2n) is 5.94. The van der Waals surface area contributed by atoms with E-state index in [1.165, 1.54) is 5.56 Å². The number of aromatic carboxylic acids is 1. The van der Waals surface area contributed by atoms with Crippen molar-refractivity contribution in [1.29, 1.82) is 0 Å². The Morgan fingerprint density at radius 2 is 1.91 bits per heavy atom. The Morgan fingerprint density at radius 1 is 1.09 bits per heavy atom. The minimum absolute atomic E-state index is 0.120. The summed E-state index contributed by atoms with van der Waals surface area (Å²) in [5.74, 6) is -0.441. The lowest BCUT2D eigenvalue weighted by Crippen LogP contribution is -2.32. The van der Waals surface area contributed by atoms with Gasteiger partial charge in [-0.25, -0.2) is 0 Å². The number of carboxylic acids is 1. The number of carbonyl (C=O) groups excluding carboxylic acids is 1. The van der Waals surface area contributed by atoms with E-state index in [4.69, 9.17) is 0 Å². The minimum atomic E-state index is -1.13. The molecule has 2 aromatic carbocycles. The topological polar surface area (TPSA) is 52.2 Å². The first-order valence-corrected chi connectivity index (χ1v) is 7.58. The van der Waals surface area contributed by atoms with E-state index in [0.29, 0.717) is 11.6 Å². The van der Waals surface area contributed by atoms with Crippen LogP contribution in [0.15, 0.2) is 60.7 Å². The quantitative estimate of drug-likeness (QED) is 0.865. The first kappa shape index (κ1) is 13.1. The molecule has 1 N–H and O–H groups in total. The van der Waals surface area contributed by atoms with Crippen molar-refractivity contribution in [2.24, 2.45) is 5.92 Å². The van der Waals surface area contributed by atoms with Gasteiger partial charge in [-0.2, -0.15) is 0 Å². The highest BCUT2D eigenvalue weighted by Gasteiger charge is 2.38. The Balaban J connectivity index is 1.85. The molecule has 0 fully saturated rings. The fraction of sp³-hybridized carbons (Fsp3) is 0.211. The van der Waals surface area contributed by atoms with Crippen LogP contribution in [0.4, 0.5) is 5.69 Å². The van der Waals surface area contributed by atoms with Crippen LogP contribution in [-0.2, 0) is 0 Å². The molecular weight excluding hydrogens is 274 g/mol. The van der Waals surface area contributed by atoms with Crippen molar-refractivity contribution < 1.29 is 9.90 Å². The number of hydrogen-bond acceptors (Lipinski definition) is 3. The summed E-state index contributed by atoms with van der Waals surface area (Å²) in [5.41, 5.74) is 3.22. The van der Waals surface area contributed by atoms with Gasteiger partial charge in [0, 0.05) is 17.2 Å².